The topological polar surface area (TPSA) is 59.1 Å². The van der Waals surface area contributed by atoms with Crippen molar-refractivity contribution in [1.82, 2.24) is 9.96 Å². The molecule has 3 aliphatic heterocycles. The summed E-state index contributed by atoms with van der Waals surface area (Å²) in [5.74, 6) is -0.235. The molecule has 0 bridgehead atoms. The summed E-state index contributed by atoms with van der Waals surface area (Å²) >= 11 is 1.44. The Hall–Kier alpha value is -1.44. The number of amides is 2. The summed E-state index contributed by atoms with van der Waals surface area (Å²) in [5, 5.41) is 3.40. The van der Waals surface area contributed by atoms with Crippen LogP contribution in [0.1, 0.15) is 35.4 Å². The fourth-order valence-electron chi connectivity index (χ4n) is 3.88. The molecule has 24 heavy (non-hydrogen) atoms. The van der Waals surface area contributed by atoms with Crippen molar-refractivity contribution in [2.45, 2.75) is 37.8 Å². The van der Waals surface area contributed by atoms with Gasteiger partial charge in [-0.05, 0) is 37.1 Å². The van der Waals surface area contributed by atoms with E-state index in [1.165, 1.54) is 16.4 Å². The Kier molecular flexibility index (Phi) is 4.56. The largest absolute Gasteiger partial charge is 0.376 e. The molecule has 130 valence electrons. The molecule has 1 aromatic rings. The smallest absolute Gasteiger partial charge is 0.264 e. The third kappa shape index (κ3) is 2.96. The number of carbonyl (C=O) groups is 2. The lowest BCUT2D eigenvalue weighted by molar-refractivity contribution is -0.203. The number of hydroxylamine groups is 2. The standard InChI is InChI=1S/C17H22N2O4S/c20-16(19-6-1-2-7-23-19)12-10-14-13(5-8-22-14)18(11-12)17(21)15-4-3-9-24-15/h3-4,9,12-14H,1-2,5-8,10-11H2/t12-,13+,14+/m1/s1. The van der Waals surface area contributed by atoms with Crippen molar-refractivity contribution in [1.29, 1.82) is 0 Å². The summed E-state index contributed by atoms with van der Waals surface area (Å²) in [6.07, 6.45) is 3.45. The van der Waals surface area contributed by atoms with E-state index in [4.69, 9.17) is 9.57 Å². The molecular weight excluding hydrogens is 328 g/mol. The summed E-state index contributed by atoms with van der Waals surface area (Å²) in [4.78, 5) is 33.8. The van der Waals surface area contributed by atoms with Crippen molar-refractivity contribution in [3.8, 4) is 0 Å². The lowest BCUT2D eigenvalue weighted by Gasteiger charge is -2.41. The molecule has 7 heteroatoms. The maximum atomic E-state index is 12.9. The van der Waals surface area contributed by atoms with E-state index in [1.807, 2.05) is 22.4 Å². The first-order chi connectivity index (χ1) is 11.7. The van der Waals surface area contributed by atoms with Crippen molar-refractivity contribution in [3.05, 3.63) is 22.4 Å². The summed E-state index contributed by atoms with van der Waals surface area (Å²) in [6, 6.07) is 3.82. The van der Waals surface area contributed by atoms with E-state index >= 15 is 0 Å². The van der Waals surface area contributed by atoms with E-state index in [0.717, 1.165) is 24.1 Å². The first-order valence-electron chi connectivity index (χ1n) is 8.64. The molecule has 0 N–H and O–H groups in total. The Labute approximate surface area is 145 Å². The zero-order valence-corrected chi connectivity index (χ0v) is 14.4. The van der Waals surface area contributed by atoms with Gasteiger partial charge in [0.05, 0.1) is 29.5 Å². The first-order valence-corrected chi connectivity index (χ1v) is 9.52. The third-order valence-electron chi connectivity index (χ3n) is 5.10. The fourth-order valence-corrected chi connectivity index (χ4v) is 4.55. The molecule has 0 spiro atoms. The molecule has 3 fully saturated rings. The monoisotopic (exact) mass is 350 g/mol. The minimum absolute atomic E-state index is 0.00682. The van der Waals surface area contributed by atoms with Crippen LogP contribution in [0.25, 0.3) is 0 Å². The average Bonchev–Trinajstić information content (AvgIpc) is 3.31. The van der Waals surface area contributed by atoms with Gasteiger partial charge >= 0.3 is 0 Å². The minimum Gasteiger partial charge on any atom is -0.376 e. The highest BCUT2D eigenvalue weighted by atomic mass is 32.1. The maximum absolute atomic E-state index is 12.9. The zero-order valence-electron chi connectivity index (χ0n) is 13.6. The Bertz CT molecular complexity index is 600. The van der Waals surface area contributed by atoms with Crippen LogP contribution in [-0.2, 0) is 14.4 Å². The number of carbonyl (C=O) groups excluding carboxylic acids is 2. The zero-order chi connectivity index (χ0) is 16.5. The fraction of sp³-hybridized carbons (Fsp3) is 0.647. The molecule has 2 amide bonds. The molecule has 0 radical (unpaired) electrons. The highest BCUT2D eigenvalue weighted by molar-refractivity contribution is 7.12. The predicted octanol–water partition coefficient (Wildman–Crippen LogP) is 1.92. The summed E-state index contributed by atoms with van der Waals surface area (Å²) in [5.41, 5.74) is 0. The van der Waals surface area contributed by atoms with Gasteiger partial charge in [0.15, 0.2) is 0 Å². The van der Waals surface area contributed by atoms with Gasteiger partial charge in [-0.15, -0.1) is 11.3 Å². The van der Waals surface area contributed by atoms with Gasteiger partial charge in [-0.1, -0.05) is 6.07 Å². The van der Waals surface area contributed by atoms with Crippen LogP contribution >= 0.6 is 11.3 Å². The molecule has 4 rings (SSSR count). The van der Waals surface area contributed by atoms with Gasteiger partial charge in [-0.3, -0.25) is 14.4 Å². The second kappa shape index (κ2) is 6.82. The van der Waals surface area contributed by atoms with E-state index in [0.29, 0.717) is 32.7 Å². The summed E-state index contributed by atoms with van der Waals surface area (Å²) in [7, 11) is 0. The van der Waals surface area contributed by atoms with Gasteiger partial charge in [0.2, 0.25) is 0 Å². The van der Waals surface area contributed by atoms with Crippen LogP contribution < -0.4 is 0 Å². The number of hydrogen-bond acceptors (Lipinski definition) is 5. The molecule has 1 aromatic heterocycles. The number of ether oxygens (including phenoxy) is 1. The van der Waals surface area contributed by atoms with Crippen molar-refractivity contribution >= 4 is 23.2 Å². The highest BCUT2D eigenvalue weighted by Gasteiger charge is 2.45. The average molecular weight is 350 g/mol. The van der Waals surface area contributed by atoms with Gasteiger partial charge in [0.1, 0.15) is 0 Å². The van der Waals surface area contributed by atoms with E-state index < -0.39 is 0 Å². The maximum Gasteiger partial charge on any atom is 0.264 e. The second-order valence-electron chi connectivity index (χ2n) is 6.61. The van der Waals surface area contributed by atoms with Gasteiger partial charge in [-0.25, -0.2) is 5.06 Å². The van der Waals surface area contributed by atoms with E-state index in [-0.39, 0.29) is 29.9 Å². The van der Waals surface area contributed by atoms with Crippen LogP contribution in [0, 0.1) is 5.92 Å². The Morgan fingerprint density at radius 2 is 2.17 bits per heavy atom. The minimum atomic E-state index is -0.244. The van der Waals surface area contributed by atoms with Gasteiger partial charge in [-0.2, -0.15) is 0 Å². The molecule has 0 aromatic carbocycles. The van der Waals surface area contributed by atoms with E-state index in [2.05, 4.69) is 0 Å². The number of rotatable bonds is 2. The predicted molar refractivity (Wildman–Crippen MR) is 88.5 cm³/mol. The van der Waals surface area contributed by atoms with Gasteiger partial charge < -0.3 is 9.64 Å². The molecule has 0 unspecified atom stereocenters. The molecule has 3 aliphatic rings. The normalized spacial score (nSPS) is 30.2. The van der Waals surface area contributed by atoms with Crippen LogP contribution in [0.5, 0.6) is 0 Å². The number of hydrogen-bond donors (Lipinski definition) is 0. The summed E-state index contributed by atoms with van der Waals surface area (Å²) < 4.78 is 5.82. The third-order valence-corrected chi connectivity index (χ3v) is 5.96. The Morgan fingerprint density at radius 3 is 2.92 bits per heavy atom. The van der Waals surface area contributed by atoms with Crippen LogP contribution in [0.2, 0.25) is 0 Å². The lowest BCUT2D eigenvalue weighted by Crippen LogP contribution is -2.55. The van der Waals surface area contributed by atoms with Crippen molar-refractivity contribution in [2.24, 2.45) is 5.92 Å². The molecular formula is C17H22N2O4S. The number of thiophene rings is 1. The quantitative estimate of drug-likeness (QED) is 0.818. The van der Waals surface area contributed by atoms with Crippen LogP contribution in [0.3, 0.4) is 0 Å². The number of piperidine rings is 1. The van der Waals surface area contributed by atoms with E-state index in [9.17, 15) is 9.59 Å². The van der Waals surface area contributed by atoms with Crippen molar-refractivity contribution < 1.29 is 19.2 Å². The van der Waals surface area contributed by atoms with E-state index in [1.54, 1.807) is 0 Å². The first kappa shape index (κ1) is 16.1. The molecule has 4 heterocycles. The van der Waals surface area contributed by atoms with Gasteiger partial charge in [0.25, 0.3) is 11.8 Å². The molecule has 6 nitrogen and oxygen atoms in total. The Balaban J connectivity index is 1.52. The second-order valence-corrected chi connectivity index (χ2v) is 7.56. The van der Waals surface area contributed by atoms with Crippen LogP contribution in [0.15, 0.2) is 17.5 Å². The lowest BCUT2D eigenvalue weighted by atomic mass is 9.89. The van der Waals surface area contributed by atoms with Crippen molar-refractivity contribution in [2.75, 3.05) is 26.3 Å². The van der Waals surface area contributed by atoms with Gasteiger partial charge in [0, 0.05) is 19.7 Å². The number of fused-ring (bicyclic) bond motifs is 1. The van der Waals surface area contributed by atoms with Crippen LogP contribution in [0.4, 0.5) is 0 Å². The molecule has 0 saturated carbocycles. The molecule has 0 aliphatic carbocycles. The molecule has 3 saturated heterocycles. The SMILES string of the molecule is O=C([C@@H]1C[C@@H]2OCC[C@@H]2N(C(=O)c2cccs2)C1)N1CCCCO1. The molecule has 3 atom stereocenters. The highest BCUT2D eigenvalue weighted by Crippen LogP contribution is 2.34. The Morgan fingerprint density at radius 1 is 1.25 bits per heavy atom. The van der Waals surface area contributed by atoms with Crippen molar-refractivity contribution in [3.63, 3.8) is 0 Å². The summed E-state index contributed by atoms with van der Waals surface area (Å²) in [6.45, 7) is 2.35. The number of nitrogens with zero attached hydrogens (tertiary/aromatic N) is 2. The van der Waals surface area contributed by atoms with Crippen LogP contribution in [-0.4, -0.2) is 60.2 Å². The number of likely N-dealkylation sites (tertiary alicyclic amines) is 1.